The summed E-state index contributed by atoms with van der Waals surface area (Å²) in [4.78, 5) is 0. The number of hydrogen-bond acceptors (Lipinski definition) is 4. The molecule has 19 heavy (non-hydrogen) atoms. The molecule has 2 N–H and O–H groups in total. The summed E-state index contributed by atoms with van der Waals surface area (Å²) in [5.74, 6) is 1.50. The minimum Gasteiger partial charge on any atom is -0.486 e. The molecule has 0 saturated heterocycles. The van der Waals surface area contributed by atoms with E-state index in [0.29, 0.717) is 24.9 Å². The van der Waals surface area contributed by atoms with E-state index >= 15 is 0 Å². The first-order valence-corrected chi connectivity index (χ1v) is 6.28. The van der Waals surface area contributed by atoms with Gasteiger partial charge >= 0.3 is 0 Å². The normalized spacial score (nSPS) is 13.1. The van der Waals surface area contributed by atoms with Crippen molar-refractivity contribution in [2.75, 3.05) is 19.8 Å². The standard InChI is InChI=1S/C13H15N3O2S/c1-2-5-14-13(19)16-15-9-10-3-4-11-12(8-10)18-7-6-17-11/h2-4,8-9H,1,5-7H2,(H2,14,16,19)/b15-9+. The highest BCUT2D eigenvalue weighted by atomic mass is 32.1. The summed E-state index contributed by atoms with van der Waals surface area (Å²) >= 11 is 5.00. The quantitative estimate of drug-likeness (QED) is 0.377. The van der Waals surface area contributed by atoms with Crippen LogP contribution in [0.2, 0.25) is 0 Å². The van der Waals surface area contributed by atoms with Crippen LogP contribution in [0.4, 0.5) is 0 Å². The minimum absolute atomic E-state index is 0.452. The molecule has 6 heteroatoms. The van der Waals surface area contributed by atoms with Crippen LogP contribution in [0.25, 0.3) is 0 Å². The summed E-state index contributed by atoms with van der Waals surface area (Å²) in [6.07, 6.45) is 3.39. The van der Waals surface area contributed by atoms with Gasteiger partial charge in [-0.1, -0.05) is 6.08 Å². The van der Waals surface area contributed by atoms with Crippen molar-refractivity contribution in [1.82, 2.24) is 10.7 Å². The Hall–Kier alpha value is -2.08. The zero-order chi connectivity index (χ0) is 13.5. The van der Waals surface area contributed by atoms with Gasteiger partial charge in [0, 0.05) is 6.54 Å². The van der Waals surface area contributed by atoms with Crippen molar-refractivity contribution >= 4 is 23.5 Å². The van der Waals surface area contributed by atoms with Crippen LogP contribution in [0.5, 0.6) is 11.5 Å². The fraction of sp³-hybridized carbons (Fsp3) is 0.231. The van der Waals surface area contributed by atoms with E-state index in [0.717, 1.165) is 17.1 Å². The SMILES string of the molecule is C=CCNC(=S)N/N=C/c1ccc2c(c1)OCCO2. The molecule has 1 aliphatic rings. The highest BCUT2D eigenvalue weighted by Crippen LogP contribution is 2.30. The Morgan fingerprint density at radius 1 is 1.37 bits per heavy atom. The van der Waals surface area contributed by atoms with Gasteiger partial charge in [-0.15, -0.1) is 6.58 Å². The maximum absolute atomic E-state index is 5.49. The molecule has 0 saturated carbocycles. The summed E-state index contributed by atoms with van der Waals surface area (Å²) in [6, 6.07) is 5.64. The molecule has 1 aliphatic heterocycles. The average molecular weight is 277 g/mol. The Labute approximate surface area is 117 Å². The molecule has 0 fully saturated rings. The summed E-state index contributed by atoms with van der Waals surface area (Å²) in [7, 11) is 0. The maximum atomic E-state index is 5.49. The summed E-state index contributed by atoms with van der Waals surface area (Å²) in [6.45, 7) is 5.35. The van der Waals surface area contributed by atoms with Crippen molar-refractivity contribution in [3.63, 3.8) is 0 Å². The molecule has 0 radical (unpaired) electrons. The van der Waals surface area contributed by atoms with Crippen molar-refractivity contribution in [2.24, 2.45) is 5.10 Å². The third kappa shape index (κ3) is 3.96. The minimum atomic E-state index is 0.452. The van der Waals surface area contributed by atoms with Gasteiger partial charge in [0.05, 0.1) is 6.21 Å². The summed E-state index contributed by atoms with van der Waals surface area (Å²) in [5, 5.41) is 7.40. The van der Waals surface area contributed by atoms with E-state index in [-0.39, 0.29) is 0 Å². The van der Waals surface area contributed by atoms with Crippen LogP contribution in [0.15, 0.2) is 36.0 Å². The zero-order valence-electron chi connectivity index (χ0n) is 10.4. The van der Waals surface area contributed by atoms with Crippen molar-refractivity contribution in [3.8, 4) is 11.5 Å². The van der Waals surface area contributed by atoms with Gasteiger partial charge < -0.3 is 14.8 Å². The Balaban J connectivity index is 1.92. The van der Waals surface area contributed by atoms with E-state index in [9.17, 15) is 0 Å². The molecule has 1 aromatic carbocycles. The molecule has 0 unspecified atom stereocenters. The molecular formula is C13H15N3O2S. The number of hydrazone groups is 1. The predicted molar refractivity (Wildman–Crippen MR) is 79.0 cm³/mol. The van der Waals surface area contributed by atoms with Gasteiger partial charge in [0.2, 0.25) is 0 Å². The van der Waals surface area contributed by atoms with Gasteiger partial charge in [-0.2, -0.15) is 5.10 Å². The molecule has 0 aliphatic carbocycles. The van der Waals surface area contributed by atoms with Gasteiger partial charge in [-0.05, 0) is 36.0 Å². The number of ether oxygens (including phenoxy) is 2. The third-order valence-electron chi connectivity index (χ3n) is 2.35. The molecule has 1 aromatic rings. The lowest BCUT2D eigenvalue weighted by molar-refractivity contribution is 0.171. The molecule has 0 atom stereocenters. The second-order valence-corrected chi connectivity index (χ2v) is 4.18. The summed E-state index contributed by atoms with van der Waals surface area (Å²) in [5.41, 5.74) is 3.62. The van der Waals surface area contributed by atoms with Gasteiger partial charge in [-0.25, -0.2) is 0 Å². The van der Waals surface area contributed by atoms with Gasteiger partial charge in [-0.3, -0.25) is 5.43 Å². The number of fused-ring (bicyclic) bond motifs is 1. The molecule has 0 spiro atoms. The smallest absolute Gasteiger partial charge is 0.187 e. The number of nitrogens with one attached hydrogen (secondary N) is 2. The van der Waals surface area contributed by atoms with Crippen LogP contribution in [-0.2, 0) is 0 Å². The zero-order valence-corrected chi connectivity index (χ0v) is 11.2. The van der Waals surface area contributed by atoms with Crippen molar-refractivity contribution in [2.45, 2.75) is 0 Å². The van der Waals surface area contributed by atoms with Crippen molar-refractivity contribution in [1.29, 1.82) is 0 Å². The Morgan fingerprint density at radius 2 is 2.16 bits per heavy atom. The Bertz CT molecular complexity index is 503. The second kappa shape index (κ2) is 6.75. The highest BCUT2D eigenvalue weighted by Gasteiger charge is 2.10. The summed E-state index contributed by atoms with van der Waals surface area (Å²) < 4.78 is 10.9. The first kappa shape index (κ1) is 13.4. The Morgan fingerprint density at radius 3 is 2.95 bits per heavy atom. The molecule has 1 heterocycles. The number of rotatable bonds is 4. The van der Waals surface area contributed by atoms with Gasteiger partial charge in [0.1, 0.15) is 13.2 Å². The molecular weight excluding hydrogens is 262 g/mol. The van der Waals surface area contributed by atoms with Gasteiger partial charge in [0.25, 0.3) is 0 Å². The first-order valence-electron chi connectivity index (χ1n) is 5.87. The van der Waals surface area contributed by atoms with E-state index in [1.165, 1.54) is 0 Å². The number of thiocarbonyl (C=S) groups is 1. The molecule has 100 valence electrons. The molecule has 0 aromatic heterocycles. The lowest BCUT2D eigenvalue weighted by Crippen LogP contribution is -2.31. The Kier molecular flexibility index (Phi) is 4.74. The lowest BCUT2D eigenvalue weighted by atomic mass is 10.2. The van der Waals surface area contributed by atoms with Crippen LogP contribution in [0.3, 0.4) is 0 Å². The molecule has 0 amide bonds. The topological polar surface area (TPSA) is 54.9 Å². The van der Waals surface area contributed by atoms with E-state index in [2.05, 4.69) is 22.4 Å². The first-order chi connectivity index (χ1) is 9.29. The highest BCUT2D eigenvalue weighted by molar-refractivity contribution is 7.80. The van der Waals surface area contributed by atoms with Crippen molar-refractivity contribution in [3.05, 3.63) is 36.4 Å². The molecule has 0 bridgehead atoms. The monoisotopic (exact) mass is 277 g/mol. The second-order valence-electron chi connectivity index (χ2n) is 3.77. The number of benzene rings is 1. The predicted octanol–water partition coefficient (Wildman–Crippen LogP) is 1.44. The fourth-order valence-electron chi connectivity index (χ4n) is 1.51. The van der Waals surface area contributed by atoms with Crippen LogP contribution >= 0.6 is 12.2 Å². The maximum Gasteiger partial charge on any atom is 0.187 e. The number of nitrogens with zero attached hydrogens (tertiary/aromatic N) is 1. The van der Waals surface area contributed by atoms with Gasteiger partial charge in [0.15, 0.2) is 16.6 Å². The van der Waals surface area contributed by atoms with Crippen LogP contribution in [0.1, 0.15) is 5.56 Å². The van der Waals surface area contributed by atoms with Crippen LogP contribution in [0, 0.1) is 0 Å². The van der Waals surface area contributed by atoms with E-state index < -0.39 is 0 Å². The van der Waals surface area contributed by atoms with Crippen LogP contribution in [-0.4, -0.2) is 31.1 Å². The average Bonchev–Trinajstić information content (AvgIpc) is 2.45. The number of hydrogen-bond donors (Lipinski definition) is 2. The van der Waals surface area contributed by atoms with Crippen molar-refractivity contribution < 1.29 is 9.47 Å². The van der Waals surface area contributed by atoms with E-state index in [4.69, 9.17) is 21.7 Å². The third-order valence-corrected chi connectivity index (χ3v) is 2.59. The molecule has 2 rings (SSSR count). The van der Waals surface area contributed by atoms with Crippen LogP contribution < -0.4 is 20.2 Å². The molecule has 5 nitrogen and oxygen atoms in total. The van der Waals surface area contributed by atoms with E-state index in [1.807, 2.05) is 18.2 Å². The fourth-order valence-corrected chi connectivity index (χ4v) is 1.65. The largest absolute Gasteiger partial charge is 0.486 e. The lowest BCUT2D eigenvalue weighted by Gasteiger charge is -2.18. The van der Waals surface area contributed by atoms with E-state index in [1.54, 1.807) is 12.3 Å².